The molecule has 0 atom stereocenters. The summed E-state index contributed by atoms with van der Waals surface area (Å²) in [5.74, 6) is -24.6. The molecular weight excluding hydrogens is 384 g/mol. The standard InChI is InChI=1S/C8H6F12O2Si/c9-5(10,4(21)22-2-1-3-23(18,19)20)6(11,12)7(13,14)8(15,16)17/h1-3H2. The number of hydrogen-bond acceptors (Lipinski definition) is 2. The maximum Gasteiger partial charge on any atom is 0.616 e. The average molecular weight is 390 g/mol. The van der Waals surface area contributed by atoms with E-state index in [1.54, 1.807) is 0 Å². The van der Waals surface area contributed by atoms with Crippen LogP contribution in [-0.2, 0) is 9.53 Å². The summed E-state index contributed by atoms with van der Waals surface area (Å²) in [6.07, 6.45) is -8.24. The lowest BCUT2D eigenvalue weighted by molar-refractivity contribution is -0.390. The number of carbonyl (C=O) groups excluding carboxylic acids is 1. The van der Waals surface area contributed by atoms with Gasteiger partial charge in [-0.25, -0.2) is 17.1 Å². The molecule has 0 bridgehead atoms. The Hall–Kier alpha value is -1.15. The van der Waals surface area contributed by atoms with Gasteiger partial charge >= 0.3 is 39.0 Å². The van der Waals surface area contributed by atoms with Crippen LogP contribution in [0, 0.1) is 0 Å². The highest BCUT2D eigenvalue weighted by atomic mass is 28.5. The van der Waals surface area contributed by atoms with Gasteiger partial charge in [-0.2, -0.15) is 39.5 Å². The fraction of sp³-hybridized carbons (Fsp3) is 0.875. The van der Waals surface area contributed by atoms with Gasteiger partial charge < -0.3 is 4.74 Å². The predicted molar refractivity (Wildman–Crippen MR) is 50.4 cm³/mol. The molecular formula is C8H6F12O2Si. The molecule has 0 unspecified atom stereocenters. The summed E-state index contributed by atoms with van der Waals surface area (Å²) in [6.45, 7) is -1.51. The van der Waals surface area contributed by atoms with Gasteiger partial charge in [0, 0.05) is 6.04 Å². The van der Waals surface area contributed by atoms with Gasteiger partial charge in [0.2, 0.25) is 0 Å². The number of esters is 1. The zero-order valence-electron chi connectivity index (χ0n) is 10.5. The van der Waals surface area contributed by atoms with Crippen molar-refractivity contribution in [3.63, 3.8) is 0 Å². The monoisotopic (exact) mass is 390 g/mol. The quantitative estimate of drug-likeness (QED) is 0.214. The molecule has 0 spiro atoms. The second kappa shape index (κ2) is 6.39. The van der Waals surface area contributed by atoms with E-state index in [1.165, 1.54) is 0 Å². The number of halogens is 12. The van der Waals surface area contributed by atoms with Crippen molar-refractivity contribution in [2.75, 3.05) is 6.61 Å². The van der Waals surface area contributed by atoms with Crippen LogP contribution in [0.4, 0.5) is 51.8 Å². The lowest BCUT2D eigenvalue weighted by atomic mass is 10.0. The number of ether oxygens (including phenoxy) is 1. The molecule has 0 aliphatic carbocycles. The summed E-state index contributed by atoms with van der Waals surface area (Å²) >= 11 is 0. The summed E-state index contributed by atoms with van der Waals surface area (Å²) in [4.78, 5) is 10.6. The molecule has 138 valence electrons. The number of rotatable bonds is 7. The zero-order chi connectivity index (χ0) is 18.9. The van der Waals surface area contributed by atoms with Gasteiger partial charge in [0.25, 0.3) is 0 Å². The van der Waals surface area contributed by atoms with Crippen LogP contribution in [0.25, 0.3) is 0 Å². The summed E-state index contributed by atoms with van der Waals surface area (Å²) < 4.78 is 150. The van der Waals surface area contributed by atoms with E-state index < -0.39 is 58.1 Å². The minimum Gasteiger partial charge on any atom is -0.461 e. The molecule has 0 rings (SSSR count). The maximum atomic E-state index is 12.9. The van der Waals surface area contributed by atoms with Crippen molar-refractivity contribution < 1.29 is 61.4 Å². The number of carbonyl (C=O) groups is 1. The Bertz CT molecular complexity index is 426. The van der Waals surface area contributed by atoms with Crippen LogP contribution < -0.4 is 0 Å². The normalized spacial score (nSPS) is 14.8. The predicted octanol–water partition coefficient (Wildman–Crippen LogP) is 4.24. The Morgan fingerprint density at radius 1 is 0.826 bits per heavy atom. The van der Waals surface area contributed by atoms with E-state index in [0.717, 1.165) is 0 Å². The van der Waals surface area contributed by atoms with Gasteiger partial charge in [-0.05, 0) is 6.42 Å². The summed E-state index contributed by atoms with van der Waals surface area (Å²) in [5.41, 5.74) is 0. The highest BCUT2D eigenvalue weighted by molar-refractivity contribution is 6.58. The van der Waals surface area contributed by atoms with Gasteiger partial charge in [-0.15, -0.1) is 0 Å². The van der Waals surface area contributed by atoms with Crippen molar-refractivity contribution in [3.05, 3.63) is 0 Å². The van der Waals surface area contributed by atoms with E-state index >= 15 is 0 Å². The molecule has 0 fully saturated rings. The molecule has 0 N–H and O–H groups in total. The first-order valence-electron chi connectivity index (χ1n) is 5.32. The topological polar surface area (TPSA) is 26.3 Å². The molecule has 23 heavy (non-hydrogen) atoms. The summed E-state index contributed by atoms with van der Waals surface area (Å²) in [5, 5.41) is 0. The summed E-state index contributed by atoms with van der Waals surface area (Å²) in [7, 11) is -6.16. The van der Waals surface area contributed by atoms with Crippen LogP contribution in [0.1, 0.15) is 6.42 Å². The molecule has 0 heterocycles. The van der Waals surface area contributed by atoms with Crippen molar-refractivity contribution in [1.29, 1.82) is 0 Å². The fourth-order valence-corrected chi connectivity index (χ4v) is 1.58. The minimum absolute atomic E-state index is 1.13. The van der Waals surface area contributed by atoms with Crippen molar-refractivity contribution in [1.82, 2.24) is 0 Å². The Kier molecular flexibility index (Phi) is 6.07. The molecule has 0 radical (unpaired) electrons. The van der Waals surface area contributed by atoms with Crippen molar-refractivity contribution in [2.45, 2.75) is 36.4 Å². The van der Waals surface area contributed by atoms with E-state index in [0.29, 0.717) is 0 Å². The first kappa shape index (κ1) is 21.8. The molecule has 0 saturated carbocycles. The van der Waals surface area contributed by atoms with Crippen LogP contribution in [-0.4, -0.2) is 45.6 Å². The van der Waals surface area contributed by atoms with Crippen LogP contribution >= 0.6 is 0 Å². The molecule has 0 aliphatic rings. The Balaban J connectivity index is 5.06. The molecule has 0 aromatic carbocycles. The number of hydrogen-bond donors (Lipinski definition) is 0. The Morgan fingerprint density at radius 3 is 1.61 bits per heavy atom. The van der Waals surface area contributed by atoms with Gasteiger partial charge in [-0.3, -0.25) is 0 Å². The second-order valence-electron chi connectivity index (χ2n) is 4.08. The van der Waals surface area contributed by atoms with E-state index in [4.69, 9.17) is 0 Å². The zero-order valence-corrected chi connectivity index (χ0v) is 11.5. The third-order valence-electron chi connectivity index (χ3n) is 2.24. The molecule has 0 aromatic rings. The molecule has 0 saturated heterocycles. The summed E-state index contributed by atoms with van der Waals surface area (Å²) in [6, 6.07) is -1.55. The fourth-order valence-electron chi connectivity index (χ4n) is 1.03. The van der Waals surface area contributed by atoms with Crippen molar-refractivity contribution in [3.8, 4) is 0 Å². The average Bonchev–Trinajstić information content (AvgIpc) is 2.31. The molecule has 0 amide bonds. The highest BCUT2D eigenvalue weighted by Crippen LogP contribution is 2.53. The molecule has 15 heteroatoms. The Morgan fingerprint density at radius 2 is 1.26 bits per heavy atom. The third-order valence-corrected chi connectivity index (χ3v) is 3.16. The first-order valence-corrected chi connectivity index (χ1v) is 7.16. The first-order chi connectivity index (χ1) is 9.88. The molecule has 0 aromatic heterocycles. The van der Waals surface area contributed by atoms with E-state index in [1.807, 2.05) is 0 Å². The third kappa shape index (κ3) is 4.66. The van der Waals surface area contributed by atoms with Gasteiger partial charge in [0.05, 0.1) is 6.61 Å². The van der Waals surface area contributed by atoms with Crippen LogP contribution in [0.3, 0.4) is 0 Å². The van der Waals surface area contributed by atoms with Gasteiger partial charge in [-0.1, -0.05) is 0 Å². The molecule has 0 aliphatic heterocycles. The molecule has 2 nitrogen and oxygen atoms in total. The Labute approximate surface area is 120 Å². The lowest BCUT2D eigenvalue weighted by Gasteiger charge is -2.32. The largest absolute Gasteiger partial charge is 0.616 e. The van der Waals surface area contributed by atoms with Gasteiger partial charge in [0.1, 0.15) is 0 Å². The maximum absolute atomic E-state index is 12.9. The van der Waals surface area contributed by atoms with Gasteiger partial charge in [0.15, 0.2) is 0 Å². The van der Waals surface area contributed by atoms with Crippen LogP contribution in [0.15, 0.2) is 0 Å². The van der Waals surface area contributed by atoms with Crippen LogP contribution in [0.2, 0.25) is 6.04 Å². The van der Waals surface area contributed by atoms with E-state index in [2.05, 4.69) is 4.74 Å². The van der Waals surface area contributed by atoms with Crippen LogP contribution in [0.5, 0.6) is 0 Å². The second-order valence-corrected chi connectivity index (χ2v) is 5.81. The van der Waals surface area contributed by atoms with E-state index in [-0.39, 0.29) is 0 Å². The van der Waals surface area contributed by atoms with Crippen molar-refractivity contribution >= 4 is 15.0 Å². The smallest absolute Gasteiger partial charge is 0.461 e. The van der Waals surface area contributed by atoms with E-state index in [9.17, 15) is 56.6 Å². The minimum atomic E-state index is -7.28. The van der Waals surface area contributed by atoms with Crippen molar-refractivity contribution in [2.24, 2.45) is 0 Å². The number of alkyl halides is 9. The highest BCUT2D eigenvalue weighted by Gasteiger charge is 2.84. The SMILES string of the molecule is O=C(OCCC[Si](F)(F)F)C(F)(F)C(F)(F)C(F)(F)C(F)(F)F. The lowest BCUT2D eigenvalue weighted by Crippen LogP contribution is -2.63.